The number of benzene rings is 2. The number of rotatable bonds is 9. The average Bonchev–Trinajstić information content (AvgIpc) is 3.57. The quantitative estimate of drug-likeness (QED) is 0.402. The third-order valence-electron chi connectivity index (χ3n) is 6.74. The lowest BCUT2D eigenvalue weighted by Gasteiger charge is -2.16. The van der Waals surface area contributed by atoms with Gasteiger partial charge in [0.15, 0.2) is 0 Å². The van der Waals surface area contributed by atoms with Crippen molar-refractivity contribution in [2.45, 2.75) is 57.7 Å². The molecule has 0 radical (unpaired) electrons. The predicted molar refractivity (Wildman–Crippen MR) is 126 cm³/mol. The molecule has 0 N–H and O–H groups in total. The molecule has 31 heavy (non-hydrogen) atoms. The smallest absolute Gasteiger partial charge is 0.119 e. The van der Waals surface area contributed by atoms with E-state index in [2.05, 4.69) is 64.1 Å². The lowest BCUT2D eigenvalue weighted by molar-refractivity contribution is 0.0432. The molecule has 0 amide bonds. The fourth-order valence-electron chi connectivity index (χ4n) is 5.06. The Hall–Kier alpha value is -2.30. The van der Waals surface area contributed by atoms with E-state index in [4.69, 9.17) is 9.47 Å². The molecule has 2 aromatic carbocycles. The van der Waals surface area contributed by atoms with Crippen LogP contribution in [-0.4, -0.2) is 41.8 Å². The summed E-state index contributed by atoms with van der Waals surface area (Å²) in [7, 11) is 0. The second-order valence-corrected chi connectivity index (χ2v) is 8.99. The lowest BCUT2D eigenvalue weighted by Crippen LogP contribution is -2.21. The van der Waals surface area contributed by atoms with Crippen molar-refractivity contribution in [2.75, 3.05) is 26.2 Å². The molecule has 1 saturated carbocycles. The van der Waals surface area contributed by atoms with Gasteiger partial charge in [-0.25, -0.2) is 0 Å². The maximum absolute atomic E-state index is 6.26. The molecule has 0 unspecified atom stereocenters. The van der Waals surface area contributed by atoms with Crippen LogP contribution in [0, 0.1) is 0 Å². The van der Waals surface area contributed by atoms with Crippen molar-refractivity contribution in [1.29, 1.82) is 0 Å². The van der Waals surface area contributed by atoms with Crippen LogP contribution in [0.4, 0.5) is 0 Å². The molecule has 1 aliphatic heterocycles. The number of aromatic nitrogens is 1. The SMILES string of the molecule is c1ccc2c(c1)cc(COC1CCCC1)n2-c1ccc(OCCCN2CCCC2)cc1. The zero-order chi connectivity index (χ0) is 20.9. The summed E-state index contributed by atoms with van der Waals surface area (Å²) in [6.45, 7) is 5.10. The van der Waals surface area contributed by atoms with Crippen LogP contribution >= 0.6 is 0 Å². The fraction of sp³-hybridized carbons (Fsp3) is 0.481. The Morgan fingerprint density at radius 3 is 2.45 bits per heavy atom. The van der Waals surface area contributed by atoms with Crippen LogP contribution in [0.1, 0.15) is 50.6 Å². The number of ether oxygens (including phenoxy) is 2. The first-order chi connectivity index (χ1) is 15.4. The Bertz CT molecular complexity index is 967. The van der Waals surface area contributed by atoms with E-state index in [1.807, 2.05) is 0 Å². The van der Waals surface area contributed by atoms with Crippen LogP contribution in [-0.2, 0) is 11.3 Å². The van der Waals surface area contributed by atoms with Gasteiger partial charge in [-0.15, -0.1) is 0 Å². The molecule has 1 aliphatic carbocycles. The molecule has 1 aromatic heterocycles. The van der Waals surface area contributed by atoms with Gasteiger partial charge < -0.3 is 18.9 Å². The zero-order valence-corrected chi connectivity index (χ0v) is 18.5. The number of fused-ring (bicyclic) bond motifs is 1. The summed E-state index contributed by atoms with van der Waals surface area (Å²) in [5, 5.41) is 1.26. The number of para-hydroxylation sites is 1. The van der Waals surface area contributed by atoms with Crippen LogP contribution in [0.15, 0.2) is 54.6 Å². The molecule has 3 aromatic rings. The summed E-state index contributed by atoms with van der Waals surface area (Å²) in [5.41, 5.74) is 3.61. The third kappa shape index (κ3) is 4.97. The Balaban J connectivity index is 1.27. The second kappa shape index (κ2) is 9.88. The highest BCUT2D eigenvalue weighted by atomic mass is 16.5. The normalized spacial score (nSPS) is 17.7. The second-order valence-electron chi connectivity index (χ2n) is 8.99. The maximum Gasteiger partial charge on any atom is 0.119 e. The van der Waals surface area contributed by atoms with Gasteiger partial charge in [0.25, 0.3) is 0 Å². The summed E-state index contributed by atoms with van der Waals surface area (Å²) in [6.07, 6.45) is 9.21. The summed E-state index contributed by atoms with van der Waals surface area (Å²) in [6, 6.07) is 19.4. The molecular weight excluding hydrogens is 384 g/mol. The third-order valence-corrected chi connectivity index (χ3v) is 6.74. The molecule has 5 rings (SSSR count). The van der Waals surface area contributed by atoms with E-state index in [0.717, 1.165) is 31.0 Å². The van der Waals surface area contributed by atoms with Crippen molar-refractivity contribution in [1.82, 2.24) is 9.47 Å². The molecule has 2 aliphatic rings. The average molecular weight is 419 g/mol. The summed E-state index contributed by atoms with van der Waals surface area (Å²) in [5.74, 6) is 0.949. The highest BCUT2D eigenvalue weighted by Crippen LogP contribution is 2.28. The monoisotopic (exact) mass is 418 g/mol. The van der Waals surface area contributed by atoms with Crippen LogP contribution in [0.3, 0.4) is 0 Å². The van der Waals surface area contributed by atoms with Gasteiger partial charge in [0.2, 0.25) is 0 Å². The van der Waals surface area contributed by atoms with Gasteiger partial charge in [-0.3, -0.25) is 0 Å². The van der Waals surface area contributed by atoms with Crippen LogP contribution in [0.2, 0.25) is 0 Å². The van der Waals surface area contributed by atoms with Crippen molar-refractivity contribution in [2.24, 2.45) is 0 Å². The number of nitrogens with zero attached hydrogens (tertiary/aromatic N) is 2. The number of hydrogen-bond acceptors (Lipinski definition) is 3. The first-order valence-electron chi connectivity index (χ1n) is 12.0. The van der Waals surface area contributed by atoms with E-state index in [1.165, 1.54) is 68.2 Å². The Kier molecular flexibility index (Phi) is 6.57. The molecule has 2 fully saturated rings. The lowest BCUT2D eigenvalue weighted by atomic mass is 10.2. The molecule has 164 valence electrons. The van der Waals surface area contributed by atoms with Gasteiger partial charge in [0.1, 0.15) is 5.75 Å². The van der Waals surface area contributed by atoms with Gasteiger partial charge >= 0.3 is 0 Å². The molecule has 4 nitrogen and oxygen atoms in total. The van der Waals surface area contributed by atoms with Gasteiger partial charge in [-0.2, -0.15) is 0 Å². The van der Waals surface area contributed by atoms with Crippen LogP contribution in [0.25, 0.3) is 16.6 Å². The van der Waals surface area contributed by atoms with Gasteiger partial charge in [-0.05, 0) is 81.6 Å². The van der Waals surface area contributed by atoms with Crippen LogP contribution in [0.5, 0.6) is 5.75 Å². The van der Waals surface area contributed by atoms with E-state index in [-0.39, 0.29) is 0 Å². The molecular formula is C27H34N2O2. The predicted octanol–water partition coefficient (Wildman–Crippen LogP) is 5.95. The van der Waals surface area contributed by atoms with Gasteiger partial charge in [-0.1, -0.05) is 31.0 Å². The van der Waals surface area contributed by atoms with E-state index >= 15 is 0 Å². The standard InChI is InChI=1S/C27H34N2O2/c1-4-11-27-22(8-1)20-24(21-31-25-9-2-3-10-25)29(27)23-12-14-26(15-13-23)30-19-7-18-28-16-5-6-17-28/h1,4,8,11-15,20,25H,2-3,5-7,9-10,16-19,21H2. The number of likely N-dealkylation sites (tertiary alicyclic amines) is 1. The Labute approximate surface area is 185 Å². The van der Waals surface area contributed by atoms with Crippen molar-refractivity contribution in [3.63, 3.8) is 0 Å². The minimum atomic E-state index is 0.419. The fourth-order valence-corrected chi connectivity index (χ4v) is 5.06. The van der Waals surface area contributed by atoms with Gasteiger partial charge in [0.05, 0.1) is 24.8 Å². The van der Waals surface area contributed by atoms with E-state index in [9.17, 15) is 0 Å². The molecule has 2 heterocycles. The maximum atomic E-state index is 6.26. The van der Waals surface area contributed by atoms with Crippen LogP contribution < -0.4 is 4.74 Å². The van der Waals surface area contributed by atoms with Crippen molar-refractivity contribution in [3.8, 4) is 11.4 Å². The summed E-state index contributed by atoms with van der Waals surface area (Å²) < 4.78 is 14.6. The van der Waals surface area contributed by atoms with Gasteiger partial charge in [0, 0.05) is 23.3 Å². The van der Waals surface area contributed by atoms with Crippen molar-refractivity contribution in [3.05, 3.63) is 60.3 Å². The van der Waals surface area contributed by atoms with Crippen molar-refractivity contribution < 1.29 is 9.47 Å². The highest BCUT2D eigenvalue weighted by molar-refractivity contribution is 5.83. The Morgan fingerprint density at radius 2 is 1.65 bits per heavy atom. The molecule has 1 saturated heterocycles. The molecule has 0 atom stereocenters. The highest BCUT2D eigenvalue weighted by Gasteiger charge is 2.17. The van der Waals surface area contributed by atoms with E-state index < -0.39 is 0 Å². The van der Waals surface area contributed by atoms with Crippen molar-refractivity contribution >= 4 is 10.9 Å². The van der Waals surface area contributed by atoms with E-state index in [1.54, 1.807) is 0 Å². The Morgan fingerprint density at radius 1 is 0.871 bits per heavy atom. The molecule has 4 heteroatoms. The first-order valence-corrected chi connectivity index (χ1v) is 12.0. The summed E-state index contributed by atoms with van der Waals surface area (Å²) >= 11 is 0. The minimum absolute atomic E-state index is 0.419. The molecule has 0 bridgehead atoms. The minimum Gasteiger partial charge on any atom is -0.494 e. The largest absolute Gasteiger partial charge is 0.494 e. The number of hydrogen-bond donors (Lipinski definition) is 0. The van der Waals surface area contributed by atoms with E-state index in [0.29, 0.717) is 12.7 Å². The first kappa shape index (κ1) is 20.6. The summed E-state index contributed by atoms with van der Waals surface area (Å²) in [4.78, 5) is 2.54. The molecule has 0 spiro atoms. The zero-order valence-electron chi connectivity index (χ0n) is 18.5. The topological polar surface area (TPSA) is 26.6 Å².